The first-order valence-corrected chi connectivity index (χ1v) is 21.3. The normalized spacial score (nSPS) is 14.8. The largest absolute Gasteiger partial charge is 4.00 e. The van der Waals surface area contributed by atoms with Gasteiger partial charge in [0, 0.05) is 25.7 Å². The molecule has 16 nitrogen and oxygen atoms in total. The van der Waals surface area contributed by atoms with E-state index in [9.17, 15) is 58.8 Å². The fraction of sp³-hybridized carbons (Fsp3) is 0.818. The van der Waals surface area contributed by atoms with Crippen molar-refractivity contribution >= 4 is 47.0 Å². The number of aliphatic carboxylic acids is 4. The summed E-state index contributed by atoms with van der Waals surface area (Å²) < 4.78 is 21.0. The molecule has 0 N–H and O–H groups in total. The number of ether oxygens (including phenoxy) is 4. The van der Waals surface area contributed by atoms with E-state index in [1.54, 1.807) is 83.1 Å². The summed E-state index contributed by atoms with van der Waals surface area (Å²) in [6, 6.07) is 0. The fourth-order valence-corrected chi connectivity index (χ4v) is 5.94. The van der Waals surface area contributed by atoms with Crippen LogP contribution in [-0.2, 0) is 79.0 Å². The zero-order valence-electron chi connectivity index (χ0n) is 39.8. The van der Waals surface area contributed by atoms with Crippen LogP contribution in [0.4, 0.5) is 0 Å². The second-order valence-electron chi connectivity index (χ2n) is 15.2. The maximum Gasteiger partial charge on any atom is 4.00 e. The minimum Gasteiger partial charge on any atom is -0.546 e. The molecule has 352 valence electrons. The van der Waals surface area contributed by atoms with Gasteiger partial charge in [-0.05, 0) is 107 Å². The minimum absolute atomic E-state index is 0. The Morgan fingerprint density at radius 1 is 0.344 bits per heavy atom. The standard InChI is InChI=1S/4C11H20O4.Ti/c4*1-5-7-9(12)11(6-2,10(13)14)15-8(3)4;/h4*8H,5-7H2,1-4H3,(H,13,14);/q;;;;+4/p-4. The van der Waals surface area contributed by atoms with Crippen LogP contribution in [-0.4, -0.2) is 93.8 Å². The molecule has 0 amide bonds. The van der Waals surface area contributed by atoms with Crippen molar-refractivity contribution < 1.29 is 99.4 Å². The second-order valence-corrected chi connectivity index (χ2v) is 15.2. The van der Waals surface area contributed by atoms with Crippen molar-refractivity contribution in [3.63, 3.8) is 0 Å². The third-order valence-electron chi connectivity index (χ3n) is 8.77. The van der Waals surface area contributed by atoms with Gasteiger partial charge in [-0.25, -0.2) is 0 Å². The van der Waals surface area contributed by atoms with Crippen LogP contribution in [0.1, 0.15) is 188 Å². The Morgan fingerprint density at radius 3 is 0.541 bits per heavy atom. The van der Waals surface area contributed by atoms with Crippen molar-refractivity contribution in [2.75, 3.05) is 0 Å². The third kappa shape index (κ3) is 21.8. The van der Waals surface area contributed by atoms with Crippen molar-refractivity contribution in [1.82, 2.24) is 0 Å². The molecule has 0 aliphatic rings. The van der Waals surface area contributed by atoms with Crippen molar-refractivity contribution in [2.24, 2.45) is 0 Å². The molecule has 0 radical (unpaired) electrons. The van der Waals surface area contributed by atoms with Crippen molar-refractivity contribution in [3.8, 4) is 0 Å². The zero-order valence-corrected chi connectivity index (χ0v) is 41.4. The number of carboxylic acid groups (broad SMARTS) is 4. The van der Waals surface area contributed by atoms with Crippen molar-refractivity contribution in [3.05, 3.63) is 0 Å². The Hall–Kier alpha value is -2.89. The van der Waals surface area contributed by atoms with E-state index in [0.717, 1.165) is 0 Å². The van der Waals surface area contributed by atoms with Gasteiger partial charge in [0.25, 0.3) is 0 Å². The van der Waals surface area contributed by atoms with Crippen LogP contribution >= 0.6 is 0 Å². The summed E-state index contributed by atoms with van der Waals surface area (Å²) in [4.78, 5) is 91.1. The molecule has 0 aromatic heterocycles. The summed E-state index contributed by atoms with van der Waals surface area (Å²) >= 11 is 0. The van der Waals surface area contributed by atoms with Crippen LogP contribution in [0.2, 0.25) is 0 Å². The van der Waals surface area contributed by atoms with Gasteiger partial charge in [-0.3, -0.25) is 19.2 Å². The SMILES string of the molecule is CCCC(=O)C(CC)(OC(C)C)C(=O)[O-].CCCC(=O)C(CC)(OC(C)C)C(=O)[O-].CCCC(=O)C(CC)(OC(C)C)C(=O)[O-].CCCC(=O)C(CC)(OC(C)C)C(=O)[O-].[Ti+4]. The second kappa shape index (κ2) is 33.6. The maximum atomic E-state index is 11.7. The summed E-state index contributed by atoms with van der Waals surface area (Å²) in [5, 5.41) is 44.2. The zero-order chi connectivity index (χ0) is 48.2. The van der Waals surface area contributed by atoms with Crippen LogP contribution in [0.25, 0.3) is 0 Å². The summed E-state index contributed by atoms with van der Waals surface area (Å²) in [7, 11) is 0. The molecule has 0 aromatic rings. The molecule has 0 saturated heterocycles. The van der Waals surface area contributed by atoms with E-state index in [1.807, 2.05) is 27.7 Å². The molecule has 4 unspecified atom stereocenters. The van der Waals surface area contributed by atoms with Gasteiger partial charge in [-0.2, -0.15) is 0 Å². The molecular formula is C44H76O16Ti. The third-order valence-corrected chi connectivity index (χ3v) is 8.77. The van der Waals surface area contributed by atoms with Crippen LogP contribution in [0.3, 0.4) is 0 Å². The molecule has 4 atom stereocenters. The van der Waals surface area contributed by atoms with Crippen LogP contribution in [0, 0.1) is 0 Å². The fourth-order valence-electron chi connectivity index (χ4n) is 5.94. The van der Waals surface area contributed by atoms with E-state index >= 15 is 0 Å². The molecule has 0 rings (SSSR count). The number of ketones is 4. The quantitative estimate of drug-likeness (QED) is 0.0807. The summed E-state index contributed by atoms with van der Waals surface area (Å²) in [6.07, 6.45) is 2.39. The molecule has 0 saturated carbocycles. The first-order valence-electron chi connectivity index (χ1n) is 21.3. The monoisotopic (exact) mass is 908 g/mol. The number of rotatable bonds is 28. The summed E-state index contributed by atoms with van der Waals surface area (Å²) in [5.74, 6) is -7.34. The molecule has 0 bridgehead atoms. The number of Topliss-reactive ketones (excluding diaryl/α,β-unsaturated/α-hetero) is 4. The van der Waals surface area contributed by atoms with E-state index in [-0.39, 0.29) is 97.5 Å². The molecular weight excluding hydrogens is 832 g/mol. The molecule has 61 heavy (non-hydrogen) atoms. The van der Waals surface area contributed by atoms with Crippen LogP contribution < -0.4 is 20.4 Å². The number of hydrogen-bond donors (Lipinski definition) is 0. The predicted octanol–water partition coefficient (Wildman–Crippen LogP) is 2.71. The minimum atomic E-state index is -1.76. The van der Waals surface area contributed by atoms with Gasteiger partial charge in [0.1, 0.15) is 0 Å². The molecule has 0 aliphatic carbocycles. The van der Waals surface area contributed by atoms with E-state index in [1.165, 1.54) is 0 Å². The van der Waals surface area contributed by atoms with E-state index in [4.69, 9.17) is 18.9 Å². The first kappa shape index (κ1) is 67.2. The van der Waals surface area contributed by atoms with Crippen molar-refractivity contribution in [1.29, 1.82) is 0 Å². The van der Waals surface area contributed by atoms with Gasteiger partial charge in [0.05, 0.1) is 48.3 Å². The van der Waals surface area contributed by atoms with Crippen molar-refractivity contribution in [2.45, 2.75) is 235 Å². The number of hydrogen-bond acceptors (Lipinski definition) is 16. The molecule has 0 aromatic carbocycles. The van der Waals surface area contributed by atoms with Gasteiger partial charge in [0.15, 0.2) is 45.5 Å². The predicted molar refractivity (Wildman–Crippen MR) is 217 cm³/mol. The average molecular weight is 909 g/mol. The number of carboxylic acids is 4. The van der Waals surface area contributed by atoms with Crippen LogP contribution in [0.15, 0.2) is 0 Å². The van der Waals surface area contributed by atoms with Crippen LogP contribution in [0.5, 0.6) is 0 Å². The first-order chi connectivity index (χ1) is 27.6. The molecule has 0 aliphatic heterocycles. The summed E-state index contributed by atoms with van der Waals surface area (Å²) in [5.41, 5.74) is -7.04. The topological polar surface area (TPSA) is 266 Å². The molecule has 0 fully saturated rings. The Labute approximate surface area is 379 Å². The van der Waals surface area contributed by atoms with Gasteiger partial charge < -0.3 is 58.6 Å². The van der Waals surface area contributed by atoms with E-state index < -0.39 is 69.4 Å². The average Bonchev–Trinajstić information content (AvgIpc) is 3.14. The van der Waals surface area contributed by atoms with E-state index in [0.29, 0.717) is 25.7 Å². The van der Waals surface area contributed by atoms with Gasteiger partial charge in [0.2, 0.25) is 0 Å². The smallest absolute Gasteiger partial charge is 0.546 e. The van der Waals surface area contributed by atoms with Gasteiger partial charge in [-0.1, -0.05) is 55.4 Å². The Morgan fingerprint density at radius 2 is 0.475 bits per heavy atom. The Kier molecular flexibility index (Phi) is 37.1. The Bertz CT molecular complexity index is 1150. The Balaban J connectivity index is -0.000000227. The summed E-state index contributed by atoms with van der Waals surface area (Å²) in [6.45, 7) is 27.4. The van der Waals surface area contributed by atoms with Gasteiger partial charge in [-0.15, -0.1) is 0 Å². The maximum absolute atomic E-state index is 11.7. The van der Waals surface area contributed by atoms with E-state index in [2.05, 4.69) is 0 Å². The number of carbonyl (C=O) groups excluding carboxylic acids is 8. The molecule has 0 heterocycles. The molecule has 17 heteroatoms. The van der Waals surface area contributed by atoms with Gasteiger partial charge >= 0.3 is 21.7 Å². The molecule has 0 spiro atoms. The number of carbonyl (C=O) groups is 8.